The minimum Gasteiger partial charge on any atom is -0.396 e. The molecule has 0 bridgehead atoms. The van der Waals surface area contributed by atoms with Gasteiger partial charge >= 0.3 is 7.82 Å². The molecular formula is C20H13Al2O4P. The molecule has 4 nitrogen and oxygen atoms in total. The molecule has 1 atom stereocenters. The summed E-state index contributed by atoms with van der Waals surface area (Å²) in [7, 11) is -4.31. The van der Waals surface area contributed by atoms with Crippen molar-refractivity contribution >= 4 is 66.1 Å². The minimum atomic E-state index is -4.31. The molecule has 7 heteroatoms. The molecular weight excluding hydrogens is 389 g/mol. The van der Waals surface area contributed by atoms with Gasteiger partial charge in [0.25, 0.3) is 0 Å². The van der Waals surface area contributed by atoms with Crippen LogP contribution in [0, 0.1) is 0 Å². The van der Waals surface area contributed by atoms with Crippen molar-refractivity contribution in [1.82, 2.24) is 0 Å². The fourth-order valence-electron chi connectivity index (χ4n) is 3.91. The third-order valence-corrected chi connectivity index (χ3v) is 6.69. The van der Waals surface area contributed by atoms with E-state index in [4.69, 9.17) is 9.05 Å². The van der Waals surface area contributed by atoms with E-state index in [0.717, 1.165) is 54.7 Å². The molecule has 1 unspecified atom stereocenters. The van der Waals surface area contributed by atoms with Gasteiger partial charge in [-0.3, -0.25) is 4.89 Å². The molecule has 0 amide bonds. The second kappa shape index (κ2) is 6.27. The average molecular weight is 402 g/mol. The van der Waals surface area contributed by atoms with Crippen molar-refractivity contribution in [2.75, 3.05) is 0 Å². The molecule has 3 aromatic rings. The fraction of sp³-hybridized carbons (Fsp3) is 0.100. The summed E-state index contributed by atoms with van der Waals surface area (Å²) in [6.45, 7) is 0. The molecule has 5 rings (SSSR count). The lowest BCUT2D eigenvalue weighted by Gasteiger charge is -2.22. The van der Waals surface area contributed by atoms with Crippen molar-refractivity contribution in [3.63, 3.8) is 0 Å². The van der Waals surface area contributed by atoms with Gasteiger partial charge in [0.05, 0.1) is 0 Å². The fourth-order valence-corrected chi connectivity index (χ4v) is 5.77. The Morgan fingerprint density at radius 3 is 2.52 bits per heavy atom. The lowest BCUT2D eigenvalue weighted by atomic mass is 9.86. The Labute approximate surface area is 173 Å². The molecule has 3 aromatic carbocycles. The van der Waals surface area contributed by atoms with Crippen LogP contribution in [0.5, 0.6) is 11.5 Å². The molecule has 2 aliphatic rings. The Balaban J connectivity index is 2.02. The van der Waals surface area contributed by atoms with Gasteiger partial charge in [0.2, 0.25) is 0 Å². The van der Waals surface area contributed by atoms with Crippen molar-refractivity contribution in [2.45, 2.75) is 12.8 Å². The minimum absolute atomic E-state index is 0.385. The Hall–Kier alpha value is -1.49. The zero-order valence-corrected chi connectivity index (χ0v) is 17.5. The Kier molecular flexibility index (Phi) is 4.08. The summed E-state index contributed by atoms with van der Waals surface area (Å²) in [5.41, 5.74) is 3.89. The van der Waals surface area contributed by atoms with Gasteiger partial charge in [-0.25, -0.2) is 4.57 Å². The number of benzene rings is 3. The van der Waals surface area contributed by atoms with E-state index in [1.165, 1.54) is 0 Å². The first-order valence-electron chi connectivity index (χ1n) is 8.60. The highest BCUT2D eigenvalue weighted by Gasteiger charge is 2.36. The zero-order chi connectivity index (χ0) is 18.8. The highest BCUT2D eigenvalue weighted by molar-refractivity contribution is 7.48. The van der Waals surface area contributed by atoms with E-state index in [-0.39, 0.29) is 0 Å². The molecule has 0 spiro atoms. The summed E-state index contributed by atoms with van der Waals surface area (Å²) < 4.78 is 25.2. The molecule has 4 radical (unpaired) electrons. The third kappa shape index (κ3) is 2.81. The third-order valence-electron chi connectivity index (χ3n) is 5.00. The van der Waals surface area contributed by atoms with Crippen LogP contribution < -0.4 is 17.9 Å². The monoisotopic (exact) mass is 402 g/mol. The van der Waals surface area contributed by atoms with Gasteiger partial charge in [0, 0.05) is 11.1 Å². The predicted octanol–water partition coefficient (Wildman–Crippen LogP) is 2.93. The molecule has 0 saturated heterocycles. The second-order valence-corrected chi connectivity index (χ2v) is 9.27. The summed E-state index contributed by atoms with van der Waals surface area (Å²) in [6.07, 6.45) is 6.01. The number of hydrogen-bond donors (Lipinski definition) is 1. The molecule has 1 heterocycles. The number of allylic oxidation sites excluding steroid dienone is 1. The van der Waals surface area contributed by atoms with Gasteiger partial charge in [-0.2, -0.15) is 0 Å². The van der Waals surface area contributed by atoms with Crippen molar-refractivity contribution < 1.29 is 18.5 Å². The maximum Gasteiger partial charge on any atom is 0.584 e. The number of rotatable bonds is 0. The van der Waals surface area contributed by atoms with Crippen LogP contribution in [0.1, 0.15) is 17.5 Å². The molecule has 0 aromatic heterocycles. The molecule has 128 valence electrons. The molecule has 0 fully saturated rings. The summed E-state index contributed by atoms with van der Waals surface area (Å²) >= 11 is 5.25. The zero-order valence-electron chi connectivity index (χ0n) is 14.3. The molecule has 1 aliphatic heterocycles. The van der Waals surface area contributed by atoms with Gasteiger partial charge in [-0.1, -0.05) is 57.4 Å². The number of phosphoric ester groups is 1. The molecule has 1 aliphatic carbocycles. The topological polar surface area (TPSA) is 55.8 Å². The maximum atomic E-state index is 12.7. The van der Waals surface area contributed by atoms with E-state index in [1.807, 2.05) is 36.4 Å². The molecule has 0 saturated carbocycles. The van der Waals surface area contributed by atoms with Crippen LogP contribution in [-0.2, 0) is 11.0 Å². The van der Waals surface area contributed by atoms with E-state index < -0.39 is 7.82 Å². The maximum absolute atomic E-state index is 12.7. The van der Waals surface area contributed by atoms with E-state index in [1.54, 1.807) is 0 Å². The SMILES string of the molecule is O=P1(O)Oc2[c]([Al])cc3c(c2-c2c([c]([Al])cc4ccccc24)O1)CCC=C3. The Morgan fingerprint density at radius 2 is 1.70 bits per heavy atom. The number of phosphoric acid groups is 1. The van der Waals surface area contributed by atoms with Crippen molar-refractivity contribution in [3.8, 4) is 22.6 Å². The average Bonchev–Trinajstić information content (AvgIpc) is 2.76. The first-order chi connectivity index (χ1) is 12.9. The van der Waals surface area contributed by atoms with Crippen molar-refractivity contribution in [3.05, 3.63) is 53.6 Å². The van der Waals surface area contributed by atoms with Crippen LogP contribution in [0.4, 0.5) is 0 Å². The normalized spacial score (nSPS) is 20.0. The van der Waals surface area contributed by atoms with Crippen LogP contribution in [0.25, 0.3) is 28.0 Å². The Bertz CT molecular complexity index is 1200. The first-order valence-corrected chi connectivity index (χ1v) is 11.2. The van der Waals surface area contributed by atoms with Gasteiger partial charge < -0.3 is 9.05 Å². The van der Waals surface area contributed by atoms with Crippen LogP contribution in [0.2, 0.25) is 0 Å². The summed E-state index contributed by atoms with van der Waals surface area (Å²) in [5.74, 6) is 0.787. The van der Waals surface area contributed by atoms with Crippen LogP contribution in [0.3, 0.4) is 0 Å². The number of hydrogen-bond acceptors (Lipinski definition) is 3. The number of fused-ring (bicyclic) bond motifs is 7. The van der Waals surface area contributed by atoms with Crippen LogP contribution >= 0.6 is 7.82 Å². The summed E-state index contributed by atoms with van der Waals surface area (Å²) in [6, 6.07) is 11.9. The van der Waals surface area contributed by atoms with Crippen LogP contribution in [0.15, 0.2) is 42.5 Å². The molecule has 1 N–H and O–H groups in total. The lowest BCUT2D eigenvalue weighted by Crippen LogP contribution is -2.13. The highest BCUT2D eigenvalue weighted by atomic mass is 31.2. The summed E-state index contributed by atoms with van der Waals surface area (Å²) in [5, 5.41) is 2.01. The second-order valence-electron chi connectivity index (χ2n) is 6.72. The van der Waals surface area contributed by atoms with Gasteiger partial charge in [0.15, 0.2) is 32.6 Å². The smallest absolute Gasteiger partial charge is 0.396 e. The largest absolute Gasteiger partial charge is 0.584 e. The quantitative estimate of drug-likeness (QED) is 0.464. The predicted molar refractivity (Wildman–Crippen MR) is 109 cm³/mol. The first kappa shape index (κ1) is 17.6. The van der Waals surface area contributed by atoms with E-state index >= 15 is 0 Å². The Morgan fingerprint density at radius 1 is 1.00 bits per heavy atom. The van der Waals surface area contributed by atoms with Gasteiger partial charge in [-0.15, -0.1) is 0 Å². The van der Waals surface area contributed by atoms with E-state index in [9.17, 15) is 9.46 Å². The lowest BCUT2D eigenvalue weighted by molar-refractivity contribution is 0.296. The van der Waals surface area contributed by atoms with Gasteiger partial charge in [-0.05, 0) is 34.7 Å². The standard InChI is InChI=1S/C20H13O4P.2Al/c21-25(22)23-17-11-9-13-5-1-3-7-15(13)19(17)20-16-8-4-2-6-14(16)10-12-18(20)24-25;;/h1-3,5-7,9-10H,4,8H2,(H,21,22);;. The van der Waals surface area contributed by atoms with Crippen molar-refractivity contribution in [2.24, 2.45) is 0 Å². The van der Waals surface area contributed by atoms with Crippen LogP contribution in [-0.4, -0.2) is 37.5 Å². The van der Waals surface area contributed by atoms with E-state index in [0.29, 0.717) is 11.5 Å². The van der Waals surface area contributed by atoms with Crippen molar-refractivity contribution in [1.29, 1.82) is 0 Å². The highest BCUT2D eigenvalue weighted by Crippen LogP contribution is 2.55. The van der Waals surface area contributed by atoms with Gasteiger partial charge in [0.1, 0.15) is 11.5 Å². The summed E-state index contributed by atoms with van der Waals surface area (Å²) in [4.78, 5) is 10.4. The molecule has 27 heavy (non-hydrogen) atoms. The van der Waals surface area contributed by atoms with E-state index in [2.05, 4.69) is 44.7 Å².